The number of nitrogens with zero attached hydrogens (tertiary/aromatic N) is 1. The zero-order valence-electron chi connectivity index (χ0n) is 12.6. The van der Waals surface area contributed by atoms with Gasteiger partial charge in [0, 0.05) is 18.2 Å². The van der Waals surface area contributed by atoms with Crippen LogP contribution in [-0.2, 0) is 0 Å². The third-order valence-corrected chi connectivity index (χ3v) is 4.30. The molecule has 0 aromatic heterocycles. The van der Waals surface area contributed by atoms with Crippen LogP contribution in [0, 0.1) is 0 Å². The standard InChI is InChI=1S/C16H24ClN3O/c1-2-8-20-9-3-4-13(7-10-20)19-15-11-12(16(18)21)5-6-14(15)17/h5-6,11,13,19H,2-4,7-10H2,1H3,(H2,18,21). The third-order valence-electron chi connectivity index (χ3n) is 3.97. The lowest BCUT2D eigenvalue weighted by atomic mass is 10.1. The monoisotopic (exact) mass is 309 g/mol. The molecular formula is C16H24ClN3O. The number of primary amides is 1. The number of nitrogens with one attached hydrogen (secondary N) is 1. The molecule has 1 saturated heterocycles. The Morgan fingerprint density at radius 3 is 2.95 bits per heavy atom. The predicted molar refractivity (Wildman–Crippen MR) is 88.0 cm³/mol. The normalized spacial score (nSPS) is 20.0. The number of likely N-dealkylation sites (tertiary alicyclic amines) is 1. The summed E-state index contributed by atoms with van der Waals surface area (Å²) in [6.45, 7) is 5.67. The van der Waals surface area contributed by atoms with Crippen molar-refractivity contribution in [3.05, 3.63) is 28.8 Å². The second-order valence-corrected chi connectivity index (χ2v) is 6.08. The third kappa shape index (κ3) is 4.61. The molecule has 116 valence electrons. The lowest BCUT2D eigenvalue weighted by Crippen LogP contribution is -2.27. The fourth-order valence-corrected chi connectivity index (χ4v) is 3.02. The fraction of sp³-hybridized carbons (Fsp3) is 0.562. The average molecular weight is 310 g/mol. The van der Waals surface area contributed by atoms with Gasteiger partial charge in [-0.2, -0.15) is 0 Å². The zero-order valence-corrected chi connectivity index (χ0v) is 13.3. The molecule has 1 fully saturated rings. The minimum absolute atomic E-state index is 0.396. The molecule has 0 aliphatic carbocycles. The van der Waals surface area contributed by atoms with E-state index in [0.717, 1.165) is 25.1 Å². The van der Waals surface area contributed by atoms with Crippen LogP contribution < -0.4 is 11.1 Å². The van der Waals surface area contributed by atoms with Gasteiger partial charge in [0.25, 0.3) is 0 Å². The average Bonchev–Trinajstić information content (AvgIpc) is 2.67. The Morgan fingerprint density at radius 1 is 1.43 bits per heavy atom. The molecule has 4 nitrogen and oxygen atoms in total. The van der Waals surface area contributed by atoms with E-state index in [0.29, 0.717) is 16.6 Å². The van der Waals surface area contributed by atoms with E-state index in [2.05, 4.69) is 17.1 Å². The number of carbonyl (C=O) groups excluding carboxylic acids is 1. The topological polar surface area (TPSA) is 58.4 Å². The van der Waals surface area contributed by atoms with Crippen LogP contribution >= 0.6 is 11.6 Å². The molecule has 0 radical (unpaired) electrons. The number of halogens is 1. The maximum Gasteiger partial charge on any atom is 0.248 e. The van der Waals surface area contributed by atoms with Crippen LogP contribution in [0.25, 0.3) is 0 Å². The number of carbonyl (C=O) groups is 1. The van der Waals surface area contributed by atoms with Gasteiger partial charge in [-0.25, -0.2) is 0 Å². The van der Waals surface area contributed by atoms with Gasteiger partial charge in [0.05, 0.1) is 10.7 Å². The van der Waals surface area contributed by atoms with Crippen LogP contribution in [0.4, 0.5) is 5.69 Å². The lowest BCUT2D eigenvalue weighted by Gasteiger charge is -2.20. The van der Waals surface area contributed by atoms with Gasteiger partial charge in [-0.15, -0.1) is 0 Å². The minimum atomic E-state index is -0.426. The molecule has 0 bridgehead atoms. The lowest BCUT2D eigenvalue weighted by molar-refractivity contribution is 0.100. The van der Waals surface area contributed by atoms with Crippen LogP contribution in [0.2, 0.25) is 5.02 Å². The zero-order chi connectivity index (χ0) is 15.2. The van der Waals surface area contributed by atoms with Gasteiger partial charge in [0.1, 0.15) is 0 Å². The van der Waals surface area contributed by atoms with Crippen molar-refractivity contribution in [2.75, 3.05) is 25.0 Å². The molecule has 1 aliphatic rings. The van der Waals surface area contributed by atoms with E-state index >= 15 is 0 Å². The Balaban J connectivity index is 2.01. The van der Waals surface area contributed by atoms with Crippen molar-refractivity contribution in [1.29, 1.82) is 0 Å². The highest BCUT2D eigenvalue weighted by atomic mass is 35.5. The highest BCUT2D eigenvalue weighted by Gasteiger charge is 2.17. The van der Waals surface area contributed by atoms with E-state index in [-0.39, 0.29) is 0 Å². The number of hydrogen-bond donors (Lipinski definition) is 2. The number of anilines is 1. The molecule has 1 amide bonds. The van der Waals surface area contributed by atoms with E-state index in [1.54, 1.807) is 18.2 Å². The molecule has 3 N–H and O–H groups in total. The molecule has 1 unspecified atom stereocenters. The molecular weight excluding hydrogens is 286 g/mol. The Morgan fingerprint density at radius 2 is 2.24 bits per heavy atom. The van der Waals surface area contributed by atoms with E-state index in [1.165, 1.54) is 25.9 Å². The summed E-state index contributed by atoms with van der Waals surface area (Å²) < 4.78 is 0. The molecule has 1 aliphatic heterocycles. The van der Waals surface area contributed by atoms with Crippen molar-refractivity contribution in [1.82, 2.24) is 4.90 Å². The maximum atomic E-state index is 11.3. The first-order chi connectivity index (χ1) is 10.1. The summed E-state index contributed by atoms with van der Waals surface area (Å²) in [4.78, 5) is 13.8. The van der Waals surface area contributed by atoms with Gasteiger partial charge >= 0.3 is 0 Å². The minimum Gasteiger partial charge on any atom is -0.381 e. The second kappa shape index (κ2) is 7.66. The highest BCUT2D eigenvalue weighted by Crippen LogP contribution is 2.26. The van der Waals surface area contributed by atoms with E-state index in [9.17, 15) is 4.79 Å². The van der Waals surface area contributed by atoms with Crippen molar-refractivity contribution in [2.45, 2.75) is 38.6 Å². The van der Waals surface area contributed by atoms with Crippen molar-refractivity contribution in [2.24, 2.45) is 5.73 Å². The smallest absolute Gasteiger partial charge is 0.248 e. The van der Waals surface area contributed by atoms with Crippen molar-refractivity contribution < 1.29 is 4.79 Å². The summed E-state index contributed by atoms with van der Waals surface area (Å²) in [5.74, 6) is -0.426. The summed E-state index contributed by atoms with van der Waals surface area (Å²) in [6.07, 6.45) is 4.60. The maximum absolute atomic E-state index is 11.3. The van der Waals surface area contributed by atoms with E-state index < -0.39 is 5.91 Å². The van der Waals surface area contributed by atoms with E-state index in [4.69, 9.17) is 17.3 Å². The second-order valence-electron chi connectivity index (χ2n) is 5.67. The number of hydrogen-bond acceptors (Lipinski definition) is 3. The van der Waals surface area contributed by atoms with Gasteiger partial charge in [-0.1, -0.05) is 18.5 Å². The predicted octanol–water partition coefficient (Wildman–Crippen LogP) is 3.12. The molecule has 21 heavy (non-hydrogen) atoms. The first kappa shape index (κ1) is 16.1. The SMILES string of the molecule is CCCN1CCCC(Nc2cc(C(N)=O)ccc2Cl)CC1. The number of nitrogens with two attached hydrogens (primary N) is 1. The van der Waals surface area contributed by atoms with Crippen LogP contribution in [0.5, 0.6) is 0 Å². The molecule has 5 heteroatoms. The molecule has 2 rings (SSSR count). The Kier molecular flexibility index (Phi) is 5.88. The van der Waals surface area contributed by atoms with Gasteiger partial charge in [0.15, 0.2) is 0 Å². The largest absolute Gasteiger partial charge is 0.381 e. The first-order valence-electron chi connectivity index (χ1n) is 7.68. The van der Waals surface area contributed by atoms with Gasteiger partial charge in [-0.05, 0) is 57.0 Å². The van der Waals surface area contributed by atoms with Crippen LogP contribution in [0.3, 0.4) is 0 Å². The molecule has 0 spiro atoms. The summed E-state index contributed by atoms with van der Waals surface area (Å²) >= 11 is 6.21. The summed E-state index contributed by atoms with van der Waals surface area (Å²) in [7, 11) is 0. The highest BCUT2D eigenvalue weighted by molar-refractivity contribution is 6.33. The molecule has 0 saturated carbocycles. The quantitative estimate of drug-likeness (QED) is 0.878. The van der Waals surface area contributed by atoms with Crippen LogP contribution in [-0.4, -0.2) is 36.5 Å². The number of amides is 1. The molecule has 1 aromatic rings. The summed E-state index contributed by atoms with van der Waals surface area (Å²) in [5, 5.41) is 4.11. The van der Waals surface area contributed by atoms with Crippen LogP contribution in [0.1, 0.15) is 43.0 Å². The number of rotatable bonds is 5. The van der Waals surface area contributed by atoms with Gasteiger partial charge < -0.3 is 16.0 Å². The van der Waals surface area contributed by atoms with Crippen molar-refractivity contribution >= 4 is 23.2 Å². The summed E-state index contributed by atoms with van der Waals surface area (Å²) in [6, 6.07) is 5.53. The van der Waals surface area contributed by atoms with Gasteiger partial charge in [0.2, 0.25) is 5.91 Å². The van der Waals surface area contributed by atoms with Crippen LogP contribution in [0.15, 0.2) is 18.2 Å². The molecule has 1 heterocycles. The fourth-order valence-electron chi connectivity index (χ4n) is 2.85. The van der Waals surface area contributed by atoms with E-state index in [1.807, 2.05) is 0 Å². The molecule has 1 atom stereocenters. The number of benzene rings is 1. The first-order valence-corrected chi connectivity index (χ1v) is 8.06. The van der Waals surface area contributed by atoms with Gasteiger partial charge in [-0.3, -0.25) is 4.79 Å². The Labute approximate surface area is 131 Å². The molecule has 1 aromatic carbocycles. The Bertz CT molecular complexity index is 492. The summed E-state index contributed by atoms with van der Waals surface area (Å²) in [5.41, 5.74) is 6.62. The van der Waals surface area contributed by atoms with Crippen molar-refractivity contribution in [3.8, 4) is 0 Å². The van der Waals surface area contributed by atoms with Crippen molar-refractivity contribution in [3.63, 3.8) is 0 Å². The Hall–Kier alpha value is -1.26.